The summed E-state index contributed by atoms with van der Waals surface area (Å²) >= 11 is 0. The molecule has 3 aliphatic rings. The van der Waals surface area contributed by atoms with Crippen LogP contribution in [0.2, 0.25) is 0 Å². The Morgan fingerprint density at radius 1 is 0.767 bits per heavy atom. The van der Waals surface area contributed by atoms with Crippen molar-refractivity contribution < 1.29 is 19.4 Å². The number of para-hydroxylation sites is 2. The molecule has 0 saturated carbocycles. The summed E-state index contributed by atoms with van der Waals surface area (Å²) < 4.78 is 7.81. The molecule has 1 aromatic heterocycles. The fraction of sp³-hybridized carbons (Fsp3) is 0.108. The first-order valence-corrected chi connectivity index (χ1v) is 14.4. The zero-order valence-electron chi connectivity index (χ0n) is 22.9. The minimum atomic E-state index is -1.75. The molecule has 0 fully saturated rings. The Labute approximate surface area is 246 Å². The van der Waals surface area contributed by atoms with Crippen LogP contribution in [0.1, 0.15) is 32.7 Å². The summed E-state index contributed by atoms with van der Waals surface area (Å²) in [7, 11) is 0. The van der Waals surface area contributed by atoms with E-state index >= 15 is 4.79 Å². The molecule has 6 nitrogen and oxygen atoms in total. The number of benzene rings is 5. The van der Waals surface area contributed by atoms with E-state index in [1.807, 2.05) is 108 Å². The van der Waals surface area contributed by atoms with E-state index in [2.05, 4.69) is 0 Å². The molecule has 9 rings (SSSR count). The van der Waals surface area contributed by atoms with Gasteiger partial charge in [0.1, 0.15) is 22.7 Å². The normalized spacial score (nSPS) is 23.1. The van der Waals surface area contributed by atoms with Crippen LogP contribution in [-0.2, 0) is 22.2 Å². The monoisotopic (exact) mass is 560 g/mol. The van der Waals surface area contributed by atoms with E-state index in [1.54, 1.807) is 18.2 Å². The van der Waals surface area contributed by atoms with Gasteiger partial charge in [-0.3, -0.25) is 9.59 Å². The number of fused-ring (bicyclic) bond motifs is 7. The van der Waals surface area contributed by atoms with E-state index < -0.39 is 22.9 Å². The average Bonchev–Trinajstić information content (AvgIpc) is 3.53. The van der Waals surface area contributed by atoms with Gasteiger partial charge in [-0.05, 0) is 34.5 Å². The number of rotatable bonds is 2. The number of nitrogens with zero attached hydrogens (tertiary/aromatic N) is 2. The third-order valence-corrected chi connectivity index (χ3v) is 9.50. The molecule has 43 heavy (non-hydrogen) atoms. The third-order valence-electron chi connectivity index (χ3n) is 9.50. The maximum Gasteiger partial charge on any atom is 0.319 e. The van der Waals surface area contributed by atoms with Crippen molar-refractivity contribution in [3.8, 4) is 22.7 Å². The molecule has 2 heterocycles. The molecule has 0 amide bonds. The lowest BCUT2D eigenvalue weighted by Gasteiger charge is -2.51. The van der Waals surface area contributed by atoms with Gasteiger partial charge in [0.15, 0.2) is 5.78 Å². The van der Waals surface area contributed by atoms with Crippen molar-refractivity contribution in [3.05, 3.63) is 149 Å². The standard InChI is InChI=1S/C37H24N2O4/c40-34-25-17-9-13-22-14-10-19-27(30(22)25)37(34)31-28(21-36(42)26-18-7-8-20-29(26)43-35(41)33(36)37)39(24-15-5-2-6-16-24)38-32(31)23-11-3-1-4-12-23/h1-20,33,42H,21H2. The Bertz CT molecular complexity index is 2150. The third kappa shape index (κ3) is 2.93. The van der Waals surface area contributed by atoms with Crippen molar-refractivity contribution in [3.63, 3.8) is 0 Å². The van der Waals surface area contributed by atoms with E-state index in [1.165, 1.54) is 0 Å². The van der Waals surface area contributed by atoms with Gasteiger partial charge in [-0.15, -0.1) is 0 Å². The second-order valence-corrected chi connectivity index (χ2v) is 11.6. The number of Topliss-reactive ketones (excluding diaryl/α,β-unsaturated/α-hetero) is 1. The lowest BCUT2D eigenvalue weighted by atomic mass is 9.52. The summed E-state index contributed by atoms with van der Waals surface area (Å²) in [6.07, 6.45) is 0.0647. The predicted octanol–water partition coefficient (Wildman–Crippen LogP) is 6.15. The maximum absolute atomic E-state index is 15.2. The quantitative estimate of drug-likeness (QED) is 0.203. The van der Waals surface area contributed by atoms with Crippen molar-refractivity contribution >= 4 is 22.5 Å². The summed E-state index contributed by atoms with van der Waals surface area (Å²) in [5.41, 5.74) is 1.91. The number of carbonyl (C=O) groups is 2. The first-order valence-electron chi connectivity index (χ1n) is 14.4. The second kappa shape index (κ2) is 8.37. The van der Waals surface area contributed by atoms with Gasteiger partial charge in [0, 0.05) is 28.7 Å². The van der Waals surface area contributed by atoms with Crippen LogP contribution in [0, 0.1) is 5.92 Å². The number of aromatic nitrogens is 2. The van der Waals surface area contributed by atoms with Gasteiger partial charge >= 0.3 is 5.97 Å². The maximum atomic E-state index is 15.2. The van der Waals surface area contributed by atoms with Crippen LogP contribution in [0.25, 0.3) is 27.7 Å². The van der Waals surface area contributed by atoms with Crippen LogP contribution in [0.5, 0.6) is 5.75 Å². The van der Waals surface area contributed by atoms with E-state index in [0.29, 0.717) is 39.4 Å². The first-order chi connectivity index (χ1) is 21.0. The summed E-state index contributed by atoms with van der Waals surface area (Å²) in [6, 6.07) is 38.0. The van der Waals surface area contributed by atoms with Crippen LogP contribution in [-0.4, -0.2) is 26.6 Å². The van der Waals surface area contributed by atoms with Gasteiger partial charge in [-0.25, -0.2) is 4.68 Å². The molecule has 3 unspecified atom stereocenters. The molecule has 0 saturated heterocycles. The van der Waals surface area contributed by atoms with E-state index in [9.17, 15) is 9.90 Å². The molecule has 3 atom stereocenters. The number of aliphatic hydroxyl groups is 1. The number of hydrogen-bond acceptors (Lipinski definition) is 5. The lowest BCUT2D eigenvalue weighted by Crippen LogP contribution is -2.62. The fourth-order valence-electron chi connectivity index (χ4n) is 7.90. The Hall–Kier alpha value is -5.33. The average molecular weight is 561 g/mol. The molecule has 1 N–H and O–H groups in total. The fourth-order valence-corrected chi connectivity index (χ4v) is 7.90. The van der Waals surface area contributed by atoms with E-state index in [4.69, 9.17) is 9.84 Å². The van der Waals surface area contributed by atoms with Gasteiger partial charge in [-0.2, -0.15) is 5.10 Å². The minimum Gasteiger partial charge on any atom is -0.426 e. The van der Waals surface area contributed by atoms with Crippen LogP contribution in [0.3, 0.4) is 0 Å². The SMILES string of the molecule is O=C1Oc2ccccc2C2(O)Cc3c(c(-c4ccccc4)nn3-c3ccccc3)C3(C(=O)c4cccc5cccc3c45)C12. The molecular formula is C37H24N2O4. The van der Waals surface area contributed by atoms with Crippen molar-refractivity contribution in [2.24, 2.45) is 5.92 Å². The molecule has 6 aromatic rings. The molecule has 206 valence electrons. The molecule has 5 aromatic carbocycles. The van der Waals surface area contributed by atoms with Crippen LogP contribution in [0.15, 0.2) is 121 Å². The molecule has 0 bridgehead atoms. The highest BCUT2D eigenvalue weighted by Crippen LogP contribution is 2.63. The molecule has 1 spiro atoms. The number of esters is 1. The Morgan fingerprint density at radius 2 is 1.44 bits per heavy atom. The summed E-state index contributed by atoms with van der Waals surface area (Å²) in [6.45, 7) is 0. The highest BCUT2D eigenvalue weighted by molar-refractivity contribution is 6.24. The molecular weight excluding hydrogens is 536 g/mol. The smallest absolute Gasteiger partial charge is 0.319 e. The van der Waals surface area contributed by atoms with Crippen molar-refractivity contribution in [2.75, 3.05) is 0 Å². The zero-order chi connectivity index (χ0) is 28.9. The molecule has 1 aliphatic heterocycles. The number of ether oxygens (including phenoxy) is 1. The Morgan fingerprint density at radius 3 is 2.23 bits per heavy atom. The highest BCUT2D eigenvalue weighted by Gasteiger charge is 2.70. The van der Waals surface area contributed by atoms with Crippen molar-refractivity contribution in [2.45, 2.75) is 17.4 Å². The first kappa shape index (κ1) is 24.3. The second-order valence-electron chi connectivity index (χ2n) is 11.6. The molecule has 2 aliphatic carbocycles. The molecule has 0 radical (unpaired) electrons. The Balaban J connectivity index is 1.49. The van der Waals surface area contributed by atoms with Gasteiger partial charge in [0.05, 0.1) is 17.1 Å². The van der Waals surface area contributed by atoms with E-state index in [0.717, 1.165) is 22.0 Å². The highest BCUT2D eigenvalue weighted by atomic mass is 16.5. The van der Waals surface area contributed by atoms with Crippen LogP contribution >= 0.6 is 0 Å². The summed E-state index contributed by atoms with van der Waals surface area (Å²) in [4.78, 5) is 29.6. The van der Waals surface area contributed by atoms with E-state index in [-0.39, 0.29) is 12.2 Å². The van der Waals surface area contributed by atoms with Gasteiger partial charge < -0.3 is 9.84 Å². The zero-order valence-corrected chi connectivity index (χ0v) is 22.9. The summed E-state index contributed by atoms with van der Waals surface area (Å²) in [5, 5.41) is 19.9. The number of hydrogen-bond donors (Lipinski definition) is 1. The predicted molar refractivity (Wildman–Crippen MR) is 161 cm³/mol. The van der Waals surface area contributed by atoms with Crippen LogP contribution in [0.4, 0.5) is 0 Å². The molecule has 6 heteroatoms. The van der Waals surface area contributed by atoms with Gasteiger partial charge in [0.2, 0.25) is 0 Å². The van der Waals surface area contributed by atoms with Crippen LogP contribution < -0.4 is 4.74 Å². The van der Waals surface area contributed by atoms with Gasteiger partial charge in [-0.1, -0.05) is 103 Å². The Kier molecular flexibility index (Phi) is 4.73. The van der Waals surface area contributed by atoms with Crippen molar-refractivity contribution in [1.29, 1.82) is 0 Å². The number of carbonyl (C=O) groups excluding carboxylic acids is 2. The minimum absolute atomic E-state index is 0.0647. The van der Waals surface area contributed by atoms with Gasteiger partial charge in [0.25, 0.3) is 0 Å². The number of ketones is 1. The summed E-state index contributed by atoms with van der Waals surface area (Å²) in [5.74, 6) is -1.80. The lowest BCUT2D eigenvalue weighted by molar-refractivity contribution is -0.160. The largest absolute Gasteiger partial charge is 0.426 e. The topological polar surface area (TPSA) is 81.4 Å². The van der Waals surface area contributed by atoms with Crippen molar-refractivity contribution in [1.82, 2.24) is 9.78 Å².